The van der Waals surface area contributed by atoms with Gasteiger partial charge in [-0.15, -0.1) is 11.3 Å². The summed E-state index contributed by atoms with van der Waals surface area (Å²) in [5.41, 5.74) is 4.97. The van der Waals surface area contributed by atoms with Gasteiger partial charge >= 0.3 is 5.97 Å². The van der Waals surface area contributed by atoms with Crippen molar-refractivity contribution < 1.29 is 19.8 Å². The normalized spacial score (nSPS) is 11.3. The lowest BCUT2D eigenvalue weighted by Crippen LogP contribution is -2.05. The predicted molar refractivity (Wildman–Crippen MR) is 125 cm³/mol. The van der Waals surface area contributed by atoms with Gasteiger partial charge in [0.2, 0.25) is 5.78 Å². The van der Waals surface area contributed by atoms with Crippen molar-refractivity contribution in [2.24, 2.45) is 0 Å². The van der Waals surface area contributed by atoms with Crippen LogP contribution >= 0.6 is 11.3 Å². The standard InChI is InChI=1S/C26H20O4S/c1-15-4-3-5-16(2)23(15)25(30)26-24(20-12-11-19(27)14-21(20)31-26)18-9-6-17(7-10-18)8-13-22(28)29/h3-14,27H,1-2H3,(H,28,29)/b13-8+. The van der Waals surface area contributed by atoms with Gasteiger partial charge in [-0.1, -0.05) is 42.5 Å². The van der Waals surface area contributed by atoms with Crippen LogP contribution in [0.2, 0.25) is 0 Å². The topological polar surface area (TPSA) is 74.6 Å². The van der Waals surface area contributed by atoms with E-state index >= 15 is 0 Å². The molecule has 154 valence electrons. The van der Waals surface area contributed by atoms with E-state index in [1.807, 2.05) is 62.4 Å². The predicted octanol–water partition coefficient (Wildman–Crippen LogP) is 6.22. The Bertz CT molecular complexity index is 1320. The van der Waals surface area contributed by atoms with Gasteiger partial charge < -0.3 is 10.2 Å². The Balaban J connectivity index is 1.90. The number of hydrogen-bond donors (Lipinski definition) is 2. The van der Waals surface area contributed by atoms with Crippen LogP contribution in [0.25, 0.3) is 27.3 Å². The third kappa shape index (κ3) is 4.00. The van der Waals surface area contributed by atoms with Gasteiger partial charge in [-0.05, 0) is 60.4 Å². The van der Waals surface area contributed by atoms with Crippen LogP contribution in [-0.2, 0) is 4.79 Å². The molecule has 2 N–H and O–H groups in total. The molecule has 0 bridgehead atoms. The quantitative estimate of drug-likeness (QED) is 0.292. The van der Waals surface area contributed by atoms with Crippen LogP contribution in [0.5, 0.6) is 5.75 Å². The number of aryl methyl sites for hydroxylation is 2. The molecule has 0 atom stereocenters. The molecule has 4 nitrogen and oxygen atoms in total. The summed E-state index contributed by atoms with van der Waals surface area (Å²) in [5, 5.41) is 19.7. The van der Waals surface area contributed by atoms with Crippen molar-refractivity contribution >= 4 is 39.3 Å². The molecule has 0 radical (unpaired) electrons. The molecular formula is C26H20O4S. The lowest BCUT2D eigenvalue weighted by atomic mass is 9.93. The summed E-state index contributed by atoms with van der Waals surface area (Å²) >= 11 is 1.37. The molecular weight excluding hydrogens is 408 g/mol. The summed E-state index contributed by atoms with van der Waals surface area (Å²) in [4.78, 5) is 25.0. The maximum atomic E-state index is 13.7. The SMILES string of the molecule is Cc1cccc(C)c1C(=O)c1sc2cc(O)ccc2c1-c1ccc(/C=C/C(=O)O)cc1. The average Bonchev–Trinajstić information content (AvgIpc) is 3.11. The van der Waals surface area contributed by atoms with Gasteiger partial charge in [-0.2, -0.15) is 0 Å². The number of fused-ring (bicyclic) bond motifs is 1. The van der Waals surface area contributed by atoms with E-state index in [0.717, 1.165) is 44.0 Å². The number of carbonyl (C=O) groups excluding carboxylic acids is 1. The molecule has 0 fully saturated rings. The highest BCUT2D eigenvalue weighted by molar-refractivity contribution is 7.21. The Hall–Kier alpha value is -3.70. The number of phenolic OH excluding ortho intramolecular Hbond substituents is 1. The average molecular weight is 429 g/mol. The Kier molecular flexibility index (Phi) is 5.44. The molecule has 3 aromatic carbocycles. The van der Waals surface area contributed by atoms with Crippen LogP contribution < -0.4 is 0 Å². The molecule has 1 heterocycles. The molecule has 31 heavy (non-hydrogen) atoms. The van der Waals surface area contributed by atoms with Crippen molar-refractivity contribution in [1.82, 2.24) is 0 Å². The first kappa shape index (κ1) is 20.6. The van der Waals surface area contributed by atoms with Gasteiger partial charge in [0.25, 0.3) is 0 Å². The summed E-state index contributed by atoms with van der Waals surface area (Å²) in [7, 11) is 0. The molecule has 0 aliphatic heterocycles. The minimum Gasteiger partial charge on any atom is -0.508 e. The molecule has 0 saturated carbocycles. The van der Waals surface area contributed by atoms with E-state index in [2.05, 4.69) is 0 Å². The van der Waals surface area contributed by atoms with Crippen molar-refractivity contribution in [1.29, 1.82) is 0 Å². The smallest absolute Gasteiger partial charge is 0.328 e. The molecule has 0 aliphatic rings. The van der Waals surface area contributed by atoms with E-state index in [0.29, 0.717) is 10.4 Å². The van der Waals surface area contributed by atoms with Crippen LogP contribution in [0, 0.1) is 13.8 Å². The van der Waals surface area contributed by atoms with Gasteiger partial charge in [0.15, 0.2) is 0 Å². The first-order chi connectivity index (χ1) is 14.8. The highest BCUT2D eigenvalue weighted by atomic mass is 32.1. The van der Waals surface area contributed by atoms with Crippen molar-refractivity contribution in [2.75, 3.05) is 0 Å². The van der Waals surface area contributed by atoms with E-state index in [-0.39, 0.29) is 11.5 Å². The van der Waals surface area contributed by atoms with Crippen molar-refractivity contribution in [2.45, 2.75) is 13.8 Å². The van der Waals surface area contributed by atoms with Crippen molar-refractivity contribution in [3.8, 4) is 16.9 Å². The third-order valence-electron chi connectivity index (χ3n) is 5.21. The van der Waals surface area contributed by atoms with E-state index in [4.69, 9.17) is 5.11 Å². The number of aliphatic carboxylic acids is 1. The van der Waals surface area contributed by atoms with Gasteiger partial charge in [-0.3, -0.25) is 4.79 Å². The third-order valence-corrected chi connectivity index (χ3v) is 6.36. The molecule has 0 saturated heterocycles. The van der Waals surface area contributed by atoms with Crippen LogP contribution in [0.1, 0.15) is 31.9 Å². The molecule has 1 aromatic heterocycles. The number of rotatable bonds is 5. The number of phenols is 1. The monoisotopic (exact) mass is 428 g/mol. The summed E-state index contributed by atoms with van der Waals surface area (Å²) in [6.45, 7) is 3.87. The molecule has 0 amide bonds. The number of hydrogen-bond acceptors (Lipinski definition) is 4. The number of benzene rings is 3. The van der Waals surface area contributed by atoms with Gasteiger partial charge in [0, 0.05) is 27.3 Å². The lowest BCUT2D eigenvalue weighted by molar-refractivity contribution is -0.131. The fraction of sp³-hybridized carbons (Fsp3) is 0.0769. The van der Waals surface area contributed by atoms with E-state index < -0.39 is 5.97 Å². The van der Waals surface area contributed by atoms with Crippen LogP contribution in [0.15, 0.2) is 66.7 Å². The second-order valence-electron chi connectivity index (χ2n) is 7.38. The van der Waals surface area contributed by atoms with Crippen LogP contribution in [0.3, 0.4) is 0 Å². The maximum Gasteiger partial charge on any atom is 0.328 e. The second kappa shape index (κ2) is 8.20. The van der Waals surface area contributed by atoms with Crippen molar-refractivity contribution in [3.05, 3.63) is 93.9 Å². The molecule has 0 unspecified atom stereocenters. The van der Waals surface area contributed by atoms with Gasteiger partial charge in [0.1, 0.15) is 5.75 Å². The number of thiophene rings is 1. The minimum atomic E-state index is -1.01. The van der Waals surface area contributed by atoms with E-state index in [1.54, 1.807) is 12.1 Å². The summed E-state index contributed by atoms with van der Waals surface area (Å²) in [6.07, 6.45) is 2.62. The number of carbonyl (C=O) groups is 2. The number of aromatic hydroxyl groups is 1. The number of ketones is 1. The summed E-state index contributed by atoms with van der Waals surface area (Å²) in [6, 6.07) is 18.4. The zero-order chi connectivity index (χ0) is 22.1. The number of carboxylic acid groups (broad SMARTS) is 1. The maximum absolute atomic E-state index is 13.7. The van der Waals surface area contributed by atoms with Gasteiger partial charge in [0.05, 0.1) is 4.88 Å². The highest BCUT2D eigenvalue weighted by Gasteiger charge is 2.23. The van der Waals surface area contributed by atoms with Gasteiger partial charge in [-0.25, -0.2) is 4.79 Å². The Morgan fingerprint density at radius 1 is 0.935 bits per heavy atom. The Morgan fingerprint density at radius 2 is 1.61 bits per heavy atom. The van der Waals surface area contributed by atoms with Crippen LogP contribution in [-0.4, -0.2) is 22.0 Å². The molecule has 5 heteroatoms. The van der Waals surface area contributed by atoms with Crippen LogP contribution in [0.4, 0.5) is 0 Å². The fourth-order valence-corrected chi connectivity index (χ4v) is 4.95. The lowest BCUT2D eigenvalue weighted by Gasteiger charge is -2.10. The number of carboxylic acids is 1. The van der Waals surface area contributed by atoms with Crippen molar-refractivity contribution in [3.63, 3.8) is 0 Å². The first-order valence-corrected chi connectivity index (χ1v) is 10.5. The molecule has 4 aromatic rings. The molecule has 4 rings (SSSR count). The molecule has 0 spiro atoms. The fourth-order valence-electron chi connectivity index (χ4n) is 3.75. The zero-order valence-electron chi connectivity index (χ0n) is 17.0. The Labute approximate surface area is 183 Å². The first-order valence-electron chi connectivity index (χ1n) is 9.73. The summed E-state index contributed by atoms with van der Waals surface area (Å²) in [5.74, 6) is -0.893. The zero-order valence-corrected chi connectivity index (χ0v) is 17.9. The largest absolute Gasteiger partial charge is 0.508 e. The molecule has 0 aliphatic carbocycles. The van der Waals surface area contributed by atoms with E-state index in [9.17, 15) is 14.7 Å². The Morgan fingerprint density at radius 3 is 2.26 bits per heavy atom. The second-order valence-corrected chi connectivity index (χ2v) is 8.43. The highest BCUT2D eigenvalue weighted by Crippen LogP contribution is 2.41. The van der Waals surface area contributed by atoms with E-state index in [1.165, 1.54) is 17.4 Å². The summed E-state index contributed by atoms with van der Waals surface area (Å²) < 4.78 is 0.833. The minimum absolute atomic E-state index is 0.0406.